The molecule has 20 heavy (non-hydrogen) atoms. The van der Waals surface area contributed by atoms with Crippen LogP contribution in [0.1, 0.15) is 30.5 Å². The monoisotopic (exact) mass is 271 g/mol. The lowest BCUT2D eigenvalue weighted by atomic mass is 10.1. The number of aliphatic hydroxyl groups excluding tert-OH is 1. The molecular weight excluding hydrogens is 250 g/mol. The molecule has 2 aromatic rings. The molecule has 3 nitrogen and oxygen atoms in total. The average molecular weight is 271 g/mol. The molecule has 3 N–H and O–H groups in total. The van der Waals surface area contributed by atoms with Crippen LogP contribution in [0.3, 0.4) is 0 Å². The van der Waals surface area contributed by atoms with Gasteiger partial charge in [-0.2, -0.15) is 0 Å². The van der Waals surface area contributed by atoms with Gasteiger partial charge in [-0.1, -0.05) is 31.2 Å². The van der Waals surface area contributed by atoms with Crippen molar-refractivity contribution in [1.82, 2.24) is 0 Å². The molecule has 0 saturated heterocycles. The molecule has 1 unspecified atom stereocenters. The Labute approximate surface area is 120 Å². The van der Waals surface area contributed by atoms with Crippen molar-refractivity contribution < 1.29 is 9.84 Å². The standard InChI is InChI=1S/C17H21NO2/c1-2-17(18)14-4-3-5-16(12-14)20-15-8-6-13(7-9-15)10-11-19/h3-9,12,17,19H,2,10-11,18H2,1H3. The molecule has 0 radical (unpaired) electrons. The lowest BCUT2D eigenvalue weighted by molar-refractivity contribution is 0.299. The molecule has 1 atom stereocenters. The summed E-state index contributed by atoms with van der Waals surface area (Å²) in [5.41, 5.74) is 8.21. The van der Waals surface area contributed by atoms with Crippen molar-refractivity contribution in [2.45, 2.75) is 25.8 Å². The van der Waals surface area contributed by atoms with Gasteiger partial charge < -0.3 is 15.6 Å². The van der Waals surface area contributed by atoms with Crippen molar-refractivity contribution >= 4 is 0 Å². The summed E-state index contributed by atoms with van der Waals surface area (Å²) in [6.07, 6.45) is 1.57. The minimum absolute atomic E-state index is 0.0467. The van der Waals surface area contributed by atoms with Gasteiger partial charge in [0.25, 0.3) is 0 Å². The molecule has 0 heterocycles. The molecule has 0 aliphatic carbocycles. The van der Waals surface area contributed by atoms with E-state index in [0.717, 1.165) is 29.0 Å². The van der Waals surface area contributed by atoms with Gasteiger partial charge in [0.15, 0.2) is 0 Å². The molecule has 0 aromatic heterocycles. The molecule has 0 aliphatic rings. The fraction of sp³-hybridized carbons (Fsp3) is 0.294. The second kappa shape index (κ2) is 7.08. The summed E-state index contributed by atoms with van der Waals surface area (Å²) < 4.78 is 5.83. The van der Waals surface area contributed by atoms with Gasteiger partial charge in [-0.15, -0.1) is 0 Å². The fourth-order valence-electron chi connectivity index (χ4n) is 2.03. The zero-order chi connectivity index (χ0) is 14.4. The molecule has 0 amide bonds. The quantitative estimate of drug-likeness (QED) is 0.846. The number of hydrogen-bond donors (Lipinski definition) is 2. The first kappa shape index (κ1) is 14.6. The van der Waals surface area contributed by atoms with Crippen molar-refractivity contribution in [2.75, 3.05) is 6.61 Å². The van der Waals surface area contributed by atoms with E-state index in [0.29, 0.717) is 6.42 Å². The third-order valence-corrected chi connectivity index (χ3v) is 3.29. The van der Waals surface area contributed by atoms with Crippen LogP contribution < -0.4 is 10.5 Å². The number of rotatable bonds is 6. The molecule has 0 bridgehead atoms. The van der Waals surface area contributed by atoms with E-state index in [4.69, 9.17) is 15.6 Å². The van der Waals surface area contributed by atoms with Crippen LogP contribution in [0.15, 0.2) is 48.5 Å². The lowest BCUT2D eigenvalue weighted by Crippen LogP contribution is -2.08. The highest BCUT2D eigenvalue weighted by Crippen LogP contribution is 2.25. The third kappa shape index (κ3) is 3.83. The molecule has 0 fully saturated rings. The predicted octanol–water partition coefficient (Wildman–Crippen LogP) is 3.42. The average Bonchev–Trinajstić information content (AvgIpc) is 2.49. The second-order valence-electron chi connectivity index (χ2n) is 4.81. The maximum absolute atomic E-state index is 8.89. The van der Waals surface area contributed by atoms with E-state index >= 15 is 0 Å². The summed E-state index contributed by atoms with van der Waals surface area (Å²) >= 11 is 0. The van der Waals surface area contributed by atoms with Crippen LogP contribution in [0.4, 0.5) is 0 Å². The van der Waals surface area contributed by atoms with E-state index < -0.39 is 0 Å². The van der Waals surface area contributed by atoms with Crippen LogP contribution in [0.25, 0.3) is 0 Å². The van der Waals surface area contributed by atoms with Gasteiger partial charge in [0.2, 0.25) is 0 Å². The first-order valence-electron chi connectivity index (χ1n) is 6.96. The summed E-state index contributed by atoms with van der Waals surface area (Å²) in [6.45, 7) is 2.23. The summed E-state index contributed by atoms with van der Waals surface area (Å²) in [7, 11) is 0. The minimum Gasteiger partial charge on any atom is -0.457 e. The normalized spacial score (nSPS) is 12.2. The minimum atomic E-state index is 0.0467. The van der Waals surface area contributed by atoms with Crippen LogP contribution in [0.2, 0.25) is 0 Å². The largest absolute Gasteiger partial charge is 0.457 e. The van der Waals surface area contributed by atoms with Crippen LogP contribution in [0, 0.1) is 0 Å². The molecule has 3 heteroatoms. The highest BCUT2D eigenvalue weighted by molar-refractivity contribution is 5.36. The molecule has 2 rings (SSSR count). The maximum Gasteiger partial charge on any atom is 0.127 e. The van der Waals surface area contributed by atoms with E-state index in [1.165, 1.54) is 0 Å². The summed E-state index contributed by atoms with van der Waals surface area (Å²) in [6, 6.07) is 15.7. The summed E-state index contributed by atoms with van der Waals surface area (Å²) in [5.74, 6) is 1.58. The van der Waals surface area contributed by atoms with Crippen molar-refractivity contribution in [2.24, 2.45) is 5.73 Å². The van der Waals surface area contributed by atoms with Crippen molar-refractivity contribution in [3.8, 4) is 11.5 Å². The van der Waals surface area contributed by atoms with E-state index in [9.17, 15) is 0 Å². The number of ether oxygens (including phenoxy) is 1. The third-order valence-electron chi connectivity index (χ3n) is 3.29. The lowest BCUT2D eigenvalue weighted by Gasteiger charge is -2.12. The van der Waals surface area contributed by atoms with E-state index in [2.05, 4.69) is 6.92 Å². The highest BCUT2D eigenvalue weighted by Gasteiger charge is 2.05. The summed E-state index contributed by atoms with van der Waals surface area (Å²) in [4.78, 5) is 0. The van der Waals surface area contributed by atoms with Gasteiger partial charge in [0.05, 0.1) is 0 Å². The summed E-state index contributed by atoms with van der Waals surface area (Å²) in [5, 5.41) is 8.89. The SMILES string of the molecule is CCC(N)c1cccc(Oc2ccc(CCO)cc2)c1. The van der Waals surface area contributed by atoms with Gasteiger partial charge in [0, 0.05) is 12.6 Å². The van der Waals surface area contributed by atoms with Gasteiger partial charge in [-0.3, -0.25) is 0 Å². The number of hydrogen-bond acceptors (Lipinski definition) is 3. The van der Waals surface area contributed by atoms with Crippen LogP contribution in [0.5, 0.6) is 11.5 Å². The van der Waals surface area contributed by atoms with Crippen LogP contribution in [-0.2, 0) is 6.42 Å². The number of aliphatic hydroxyl groups is 1. The van der Waals surface area contributed by atoms with Gasteiger partial charge in [-0.05, 0) is 48.2 Å². The number of benzene rings is 2. The van der Waals surface area contributed by atoms with Crippen molar-refractivity contribution in [3.63, 3.8) is 0 Å². The first-order valence-corrected chi connectivity index (χ1v) is 6.96. The predicted molar refractivity (Wildman–Crippen MR) is 81.0 cm³/mol. The Morgan fingerprint density at radius 1 is 1.10 bits per heavy atom. The molecule has 0 spiro atoms. The number of nitrogens with two attached hydrogens (primary N) is 1. The van der Waals surface area contributed by atoms with Crippen molar-refractivity contribution in [1.29, 1.82) is 0 Å². The topological polar surface area (TPSA) is 55.5 Å². The molecule has 2 aromatic carbocycles. The Balaban J connectivity index is 2.09. The first-order chi connectivity index (χ1) is 9.72. The van der Waals surface area contributed by atoms with Crippen molar-refractivity contribution in [3.05, 3.63) is 59.7 Å². The van der Waals surface area contributed by atoms with Crippen LogP contribution >= 0.6 is 0 Å². The highest BCUT2D eigenvalue weighted by atomic mass is 16.5. The van der Waals surface area contributed by atoms with Gasteiger partial charge >= 0.3 is 0 Å². The van der Waals surface area contributed by atoms with E-state index in [1.807, 2.05) is 48.5 Å². The Hall–Kier alpha value is -1.84. The molecular formula is C17H21NO2. The Bertz CT molecular complexity index is 537. The van der Waals surface area contributed by atoms with Crippen LogP contribution in [-0.4, -0.2) is 11.7 Å². The molecule has 0 aliphatic heterocycles. The smallest absolute Gasteiger partial charge is 0.127 e. The Kier molecular flexibility index (Phi) is 5.16. The van der Waals surface area contributed by atoms with E-state index in [1.54, 1.807) is 0 Å². The fourth-order valence-corrected chi connectivity index (χ4v) is 2.03. The molecule has 0 saturated carbocycles. The van der Waals surface area contributed by atoms with E-state index in [-0.39, 0.29) is 12.6 Å². The maximum atomic E-state index is 8.89. The Morgan fingerprint density at radius 3 is 2.50 bits per heavy atom. The van der Waals surface area contributed by atoms with Gasteiger partial charge in [-0.25, -0.2) is 0 Å². The molecule has 106 valence electrons. The second-order valence-corrected chi connectivity index (χ2v) is 4.81. The van der Waals surface area contributed by atoms with Gasteiger partial charge in [0.1, 0.15) is 11.5 Å². The zero-order valence-electron chi connectivity index (χ0n) is 11.8. The Morgan fingerprint density at radius 2 is 1.85 bits per heavy atom. The zero-order valence-corrected chi connectivity index (χ0v) is 11.8.